The number of rotatable bonds is 5. The fraction of sp³-hybridized carbons (Fsp3) is 0.333. The first-order valence-electron chi connectivity index (χ1n) is 11.0. The summed E-state index contributed by atoms with van der Waals surface area (Å²) in [6, 6.07) is 13.9. The van der Waals surface area contributed by atoms with E-state index >= 15 is 0 Å². The van der Waals surface area contributed by atoms with Gasteiger partial charge in [-0.25, -0.2) is 9.97 Å². The van der Waals surface area contributed by atoms with Gasteiger partial charge in [-0.1, -0.05) is 36.5 Å². The maximum Gasteiger partial charge on any atom is 0.270 e. The van der Waals surface area contributed by atoms with E-state index in [0.717, 1.165) is 35.7 Å². The van der Waals surface area contributed by atoms with E-state index in [9.17, 15) is 9.59 Å². The predicted octanol–water partition coefficient (Wildman–Crippen LogP) is 3.38. The molecule has 0 aliphatic carbocycles. The van der Waals surface area contributed by atoms with E-state index in [2.05, 4.69) is 40.0 Å². The fourth-order valence-corrected chi connectivity index (χ4v) is 5.16. The summed E-state index contributed by atoms with van der Waals surface area (Å²) in [6.07, 6.45) is 1.65. The molecule has 0 saturated carbocycles. The molecule has 1 aliphatic heterocycles. The molecule has 0 bridgehead atoms. The minimum absolute atomic E-state index is 0.0656. The second-order valence-electron chi connectivity index (χ2n) is 8.05. The van der Waals surface area contributed by atoms with Gasteiger partial charge in [-0.3, -0.25) is 9.59 Å². The molecular formula is C24H25N5O2S. The van der Waals surface area contributed by atoms with Crippen LogP contribution in [0.5, 0.6) is 0 Å². The van der Waals surface area contributed by atoms with Gasteiger partial charge in [0.2, 0.25) is 5.91 Å². The van der Waals surface area contributed by atoms with Crippen molar-refractivity contribution < 1.29 is 4.79 Å². The van der Waals surface area contributed by atoms with Crippen molar-refractivity contribution in [2.75, 3.05) is 31.1 Å². The number of thiazole rings is 1. The predicted molar refractivity (Wildman–Crippen MR) is 128 cm³/mol. The van der Waals surface area contributed by atoms with Crippen LogP contribution in [0.2, 0.25) is 0 Å². The largest absolute Gasteiger partial charge is 0.345 e. The zero-order chi connectivity index (χ0) is 22.1. The lowest BCUT2D eigenvalue weighted by atomic mass is 10.2. The highest BCUT2D eigenvalue weighted by atomic mass is 32.1. The molecule has 1 aliphatic rings. The SMILES string of the molecule is CCc1ccc2nc(N3CCN(C(=O)CCc4nc5ccccc5[nH]c4=O)CC3)sc2c1. The number of hydrogen-bond donors (Lipinski definition) is 1. The number of nitrogens with one attached hydrogen (secondary N) is 1. The summed E-state index contributed by atoms with van der Waals surface area (Å²) in [4.78, 5) is 41.3. The summed E-state index contributed by atoms with van der Waals surface area (Å²) in [5.41, 5.74) is 4.01. The lowest BCUT2D eigenvalue weighted by Crippen LogP contribution is -2.48. The zero-order valence-electron chi connectivity index (χ0n) is 18.0. The van der Waals surface area contributed by atoms with Gasteiger partial charge in [0.25, 0.3) is 5.56 Å². The Morgan fingerprint density at radius 1 is 1.06 bits per heavy atom. The molecule has 2 aromatic carbocycles. The molecule has 1 fully saturated rings. The van der Waals surface area contributed by atoms with Crippen molar-refractivity contribution in [3.8, 4) is 0 Å². The molecular weight excluding hydrogens is 422 g/mol. The molecule has 0 atom stereocenters. The van der Waals surface area contributed by atoms with E-state index in [0.29, 0.717) is 30.7 Å². The average Bonchev–Trinajstić information content (AvgIpc) is 3.26. The Balaban J connectivity index is 1.19. The molecule has 5 rings (SSSR count). The first-order valence-corrected chi connectivity index (χ1v) is 11.8. The summed E-state index contributed by atoms with van der Waals surface area (Å²) < 4.78 is 1.21. The third kappa shape index (κ3) is 4.10. The molecule has 164 valence electrons. The van der Waals surface area contributed by atoms with Gasteiger partial charge in [0.15, 0.2) is 5.13 Å². The number of H-pyrrole nitrogens is 1. The summed E-state index contributed by atoms with van der Waals surface area (Å²) in [6.45, 7) is 5.01. The molecule has 1 N–H and O–H groups in total. The van der Waals surface area contributed by atoms with Crippen LogP contribution in [0.1, 0.15) is 24.6 Å². The molecule has 32 heavy (non-hydrogen) atoms. The molecule has 3 heterocycles. The van der Waals surface area contributed by atoms with Crippen molar-refractivity contribution in [1.29, 1.82) is 0 Å². The Kier molecular flexibility index (Phi) is 5.61. The number of aromatic nitrogens is 3. The Hall–Kier alpha value is -3.26. The van der Waals surface area contributed by atoms with E-state index in [1.165, 1.54) is 10.3 Å². The smallest absolute Gasteiger partial charge is 0.270 e. The van der Waals surface area contributed by atoms with Gasteiger partial charge in [-0.15, -0.1) is 0 Å². The molecule has 1 saturated heterocycles. The number of carbonyl (C=O) groups is 1. The van der Waals surface area contributed by atoms with Crippen LogP contribution in [-0.2, 0) is 17.6 Å². The second kappa shape index (κ2) is 8.70. The Morgan fingerprint density at radius 3 is 2.69 bits per heavy atom. The number of carbonyl (C=O) groups excluding carboxylic acids is 1. The Bertz CT molecular complexity index is 1340. The number of hydrogen-bond acceptors (Lipinski definition) is 6. The van der Waals surface area contributed by atoms with Gasteiger partial charge in [-0.2, -0.15) is 0 Å². The number of nitrogens with zero attached hydrogens (tertiary/aromatic N) is 4. The van der Waals surface area contributed by atoms with Crippen LogP contribution in [0, 0.1) is 0 Å². The minimum Gasteiger partial charge on any atom is -0.345 e. The van der Waals surface area contributed by atoms with Crippen LogP contribution < -0.4 is 10.5 Å². The third-order valence-electron chi connectivity index (χ3n) is 6.00. The summed E-state index contributed by atoms with van der Waals surface area (Å²) in [5, 5.41) is 1.02. The molecule has 1 amide bonds. The minimum atomic E-state index is -0.219. The molecule has 0 spiro atoms. The number of piperazine rings is 1. The van der Waals surface area contributed by atoms with E-state index in [4.69, 9.17) is 4.98 Å². The van der Waals surface area contributed by atoms with E-state index in [1.807, 2.05) is 29.2 Å². The molecule has 4 aromatic rings. The number of anilines is 1. The topological polar surface area (TPSA) is 82.2 Å². The zero-order valence-corrected chi connectivity index (χ0v) is 18.8. The van der Waals surface area contributed by atoms with Crippen LogP contribution in [0.3, 0.4) is 0 Å². The van der Waals surface area contributed by atoms with E-state index < -0.39 is 0 Å². The maximum absolute atomic E-state index is 12.8. The molecule has 2 aromatic heterocycles. The summed E-state index contributed by atoms with van der Waals surface area (Å²) in [5.74, 6) is 0.0656. The van der Waals surface area contributed by atoms with Crippen LogP contribution in [0.15, 0.2) is 47.3 Å². The van der Waals surface area contributed by atoms with Gasteiger partial charge >= 0.3 is 0 Å². The van der Waals surface area contributed by atoms with Crippen LogP contribution in [0.25, 0.3) is 21.3 Å². The van der Waals surface area contributed by atoms with E-state index in [-0.39, 0.29) is 17.9 Å². The van der Waals surface area contributed by atoms with Gasteiger partial charge in [0.1, 0.15) is 5.69 Å². The number of fused-ring (bicyclic) bond motifs is 2. The van der Waals surface area contributed by atoms with Gasteiger partial charge < -0.3 is 14.8 Å². The Labute approximate surface area is 189 Å². The highest BCUT2D eigenvalue weighted by Gasteiger charge is 2.23. The van der Waals surface area contributed by atoms with E-state index in [1.54, 1.807) is 11.3 Å². The summed E-state index contributed by atoms with van der Waals surface area (Å²) >= 11 is 1.72. The number of para-hydroxylation sites is 2. The van der Waals surface area contributed by atoms with Crippen LogP contribution >= 0.6 is 11.3 Å². The fourth-order valence-electron chi connectivity index (χ4n) is 4.08. The first-order chi connectivity index (χ1) is 15.6. The Morgan fingerprint density at radius 2 is 1.88 bits per heavy atom. The highest BCUT2D eigenvalue weighted by Crippen LogP contribution is 2.30. The number of aromatic amines is 1. The van der Waals surface area contributed by atoms with Crippen molar-refractivity contribution in [2.45, 2.75) is 26.2 Å². The van der Waals surface area contributed by atoms with Crippen molar-refractivity contribution in [3.63, 3.8) is 0 Å². The first kappa shape index (κ1) is 20.6. The molecule has 8 heteroatoms. The van der Waals surface area contributed by atoms with Gasteiger partial charge in [-0.05, 0) is 36.2 Å². The van der Waals surface area contributed by atoms with Crippen LogP contribution in [-0.4, -0.2) is 51.9 Å². The van der Waals surface area contributed by atoms with Gasteiger partial charge in [0.05, 0.1) is 21.3 Å². The quantitative estimate of drug-likeness (QED) is 0.507. The monoisotopic (exact) mass is 447 g/mol. The normalized spacial score (nSPS) is 14.4. The molecule has 7 nitrogen and oxygen atoms in total. The van der Waals surface area contributed by atoms with Crippen molar-refractivity contribution in [3.05, 3.63) is 64.1 Å². The number of aryl methyl sites for hydroxylation is 2. The van der Waals surface area contributed by atoms with Crippen molar-refractivity contribution in [2.24, 2.45) is 0 Å². The van der Waals surface area contributed by atoms with Crippen molar-refractivity contribution in [1.82, 2.24) is 19.9 Å². The number of amides is 1. The number of benzene rings is 2. The lowest BCUT2D eigenvalue weighted by molar-refractivity contribution is -0.131. The molecule has 0 unspecified atom stereocenters. The summed E-state index contributed by atoms with van der Waals surface area (Å²) in [7, 11) is 0. The van der Waals surface area contributed by atoms with Gasteiger partial charge in [0, 0.05) is 39.0 Å². The third-order valence-corrected chi connectivity index (χ3v) is 7.08. The second-order valence-corrected chi connectivity index (χ2v) is 9.06. The maximum atomic E-state index is 12.8. The van der Waals surface area contributed by atoms with Crippen LogP contribution in [0.4, 0.5) is 5.13 Å². The average molecular weight is 448 g/mol. The van der Waals surface area contributed by atoms with Crippen molar-refractivity contribution >= 4 is 43.6 Å². The molecule has 0 radical (unpaired) electrons. The standard InChI is InChI=1S/C24H25N5O2S/c1-2-16-7-8-19-21(15-16)32-24(27-19)29-13-11-28(12-14-29)22(30)10-9-20-23(31)26-18-6-4-3-5-17(18)25-20/h3-8,15H,2,9-14H2,1H3,(H,26,31). The lowest BCUT2D eigenvalue weighted by Gasteiger charge is -2.34. The highest BCUT2D eigenvalue weighted by molar-refractivity contribution is 7.22.